The van der Waals surface area contributed by atoms with Crippen LogP contribution in [0.25, 0.3) is 0 Å². The van der Waals surface area contributed by atoms with Gasteiger partial charge in [0.2, 0.25) is 0 Å². The second-order valence-electron chi connectivity index (χ2n) is 4.61. The number of aliphatic hydroxyl groups is 1. The van der Waals surface area contributed by atoms with Crippen molar-refractivity contribution in [3.05, 3.63) is 39.7 Å². The molecule has 0 heterocycles. The van der Waals surface area contributed by atoms with Crippen molar-refractivity contribution in [3.8, 4) is 0 Å². The topological polar surface area (TPSA) is 83.7 Å². The van der Waals surface area contributed by atoms with Crippen LogP contribution in [0, 0.1) is 15.9 Å². The zero-order valence-electron chi connectivity index (χ0n) is 12.1. The summed E-state index contributed by atoms with van der Waals surface area (Å²) in [5.41, 5.74) is -0.726. The molecule has 1 N–H and O–H groups in total. The van der Waals surface area contributed by atoms with Crippen LogP contribution in [-0.4, -0.2) is 40.0 Å². The highest BCUT2D eigenvalue weighted by Gasteiger charge is 2.28. The van der Waals surface area contributed by atoms with E-state index in [9.17, 15) is 19.3 Å². The Labute approximate surface area is 122 Å². The van der Waals surface area contributed by atoms with E-state index in [4.69, 9.17) is 5.11 Å². The molecule has 0 spiro atoms. The first kappa shape index (κ1) is 17.0. The monoisotopic (exact) mass is 298 g/mol. The zero-order chi connectivity index (χ0) is 16.0. The summed E-state index contributed by atoms with van der Waals surface area (Å²) in [5, 5.41) is 20.1. The number of hydrogen-bond donors (Lipinski definition) is 1. The summed E-state index contributed by atoms with van der Waals surface area (Å²) < 4.78 is 13.1. The molecular formula is C14H19FN2O4. The van der Waals surface area contributed by atoms with E-state index in [0.29, 0.717) is 12.8 Å². The van der Waals surface area contributed by atoms with Gasteiger partial charge in [-0.25, -0.2) is 4.39 Å². The van der Waals surface area contributed by atoms with Gasteiger partial charge in [0.1, 0.15) is 11.4 Å². The number of nitro groups is 1. The normalized spacial score (nSPS) is 10.7. The fraction of sp³-hybridized carbons (Fsp3) is 0.500. The summed E-state index contributed by atoms with van der Waals surface area (Å²) in [6, 6.07) is 2.73. The Morgan fingerprint density at radius 2 is 2.05 bits per heavy atom. The SMILES string of the molecule is CCC(CC)N(CCO)C(=O)c1ccc(F)cc1[N+](=O)[O-]. The van der Waals surface area contributed by atoms with E-state index in [1.54, 1.807) is 0 Å². The Balaban J connectivity index is 3.23. The molecule has 0 aromatic heterocycles. The van der Waals surface area contributed by atoms with Crippen molar-refractivity contribution in [3.63, 3.8) is 0 Å². The van der Waals surface area contributed by atoms with Crippen molar-refractivity contribution in [2.24, 2.45) is 0 Å². The summed E-state index contributed by atoms with van der Waals surface area (Å²) in [7, 11) is 0. The van der Waals surface area contributed by atoms with Gasteiger partial charge in [0.25, 0.3) is 11.6 Å². The molecule has 0 aliphatic carbocycles. The molecule has 0 saturated carbocycles. The first-order valence-corrected chi connectivity index (χ1v) is 6.81. The second-order valence-corrected chi connectivity index (χ2v) is 4.61. The van der Waals surface area contributed by atoms with Crippen LogP contribution >= 0.6 is 0 Å². The molecule has 0 fully saturated rings. The smallest absolute Gasteiger partial charge is 0.285 e. The van der Waals surface area contributed by atoms with Gasteiger partial charge in [0.15, 0.2) is 0 Å². The highest BCUT2D eigenvalue weighted by Crippen LogP contribution is 2.23. The number of nitrogens with zero attached hydrogens (tertiary/aromatic N) is 2. The van der Waals surface area contributed by atoms with Crippen molar-refractivity contribution < 1.29 is 19.2 Å². The quantitative estimate of drug-likeness (QED) is 0.618. The van der Waals surface area contributed by atoms with Crippen LogP contribution in [0.3, 0.4) is 0 Å². The number of hydrogen-bond acceptors (Lipinski definition) is 4. The third kappa shape index (κ3) is 3.98. The lowest BCUT2D eigenvalue weighted by atomic mass is 10.1. The largest absolute Gasteiger partial charge is 0.395 e. The molecular weight excluding hydrogens is 279 g/mol. The maximum Gasteiger partial charge on any atom is 0.285 e. The van der Waals surface area contributed by atoms with Crippen molar-refractivity contribution in [1.29, 1.82) is 0 Å². The van der Waals surface area contributed by atoms with Gasteiger partial charge in [-0.3, -0.25) is 14.9 Å². The Kier molecular flexibility index (Phi) is 6.23. The summed E-state index contributed by atoms with van der Waals surface area (Å²) in [6.45, 7) is 3.63. The number of amides is 1. The minimum absolute atomic E-state index is 0.0830. The summed E-state index contributed by atoms with van der Waals surface area (Å²) in [4.78, 5) is 24.1. The lowest BCUT2D eigenvalue weighted by Crippen LogP contribution is -2.41. The molecule has 1 aromatic carbocycles. The molecule has 0 radical (unpaired) electrons. The second kappa shape index (κ2) is 7.68. The standard InChI is InChI=1S/C14H19FN2O4/c1-3-11(4-2)16(7-8-18)14(19)12-6-5-10(15)9-13(12)17(20)21/h5-6,9,11,18H,3-4,7-8H2,1-2H3. The molecule has 0 atom stereocenters. The Morgan fingerprint density at radius 1 is 1.43 bits per heavy atom. The van der Waals surface area contributed by atoms with E-state index in [1.807, 2.05) is 13.8 Å². The van der Waals surface area contributed by atoms with Gasteiger partial charge in [-0.1, -0.05) is 13.8 Å². The lowest BCUT2D eigenvalue weighted by molar-refractivity contribution is -0.385. The highest BCUT2D eigenvalue weighted by molar-refractivity contribution is 5.98. The van der Waals surface area contributed by atoms with Gasteiger partial charge in [-0.2, -0.15) is 0 Å². The molecule has 0 aliphatic heterocycles. The van der Waals surface area contributed by atoms with Crippen molar-refractivity contribution in [1.82, 2.24) is 4.90 Å². The van der Waals surface area contributed by atoms with Crippen molar-refractivity contribution >= 4 is 11.6 Å². The number of benzene rings is 1. The summed E-state index contributed by atoms with van der Waals surface area (Å²) in [5.74, 6) is -1.33. The van der Waals surface area contributed by atoms with E-state index in [1.165, 1.54) is 4.90 Å². The first-order chi connectivity index (χ1) is 9.96. The number of aliphatic hydroxyl groups excluding tert-OH is 1. The van der Waals surface area contributed by atoms with E-state index in [2.05, 4.69) is 0 Å². The van der Waals surface area contributed by atoms with Crippen LogP contribution < -0.4 is 0 Å². The van der Waals surface area contributed by atoms with Crippen molar-refractivity contribution in [2.45, 2.75) is 32.7 Å². The molecule has 0 bridgehead atoms. The van der Waals surface area contributed by atoms with Crippen LogP contribution in [0.4, 0.5) is 10.1 Å². The highest BCUT2D eigenvalue weighted by atomic mass is 19.1. The predicted molar refractivity (Wildman–Crippen MR) is 75.5 cm³/mol. The van der Waals surface area contributed by atoms with E-state index in [0.717, 1.165) is 18.2 Å². The van der Waals surface area contributed by atoms with E-state index >= 15 is 0 Å². The van der Waals surface area contributed by atoms with Gasteiger partial charge < -0.3 is 10.0 Å². The number of carbonyl (C=O) groups is 1. The lowest BCUT2D eigenvalue weighted by Gasteiger charge is -2.30. The molecule has 116 valence electrons. The fourth-order valence-electron chi connectivity index (χ4n) is 2.28. The predicted octanol–water partition coefficient (Wildman–Crippen LogP) is 2.36. The zero-order valence-corrected chi connectivity index (χ0v) is 12.1. The Bertz CT molecular complexity index is 518. The molecule has 0 unspecified atom stereocenters. The van der Waals surface area contributed by atoms with Crippen LogP contribution in [0.15, 0.2) is 18.2 Å². The molecule has 0 aliphatic rings. The number of carbonyl (C=O) groups excluding carboxylic acids is 1. The van der Waals surface area contributed by atoms with Crippen LogP contribution in [0.2, 0.25) is 0 Å². The first-order valence-electron chi connectivity index (χ1n) is 6.81. The molecule has 1 amide bonds. The third-order valence-corrected chi connectivity index (χ3v) is 3.37. The molecule has 6 nitrogen and oxygen atoms in total. The third-order valence-electron chi connectivity index (χ3n) is 3.37. The molecule has 0 saturated heterocycles. The van der Waals surface area contributed by atoms with Crippen molar-refractivity contribution in [2.75, 3.05) is 13.2 Å². The van der Waals surface area contributed by atoms with Gasteiger partial charge in [-0.05, 0) is 25.0 Å². The number of nitro benzene ring substituents is 1. The average Bonchev–Trinajstić information content (AvgIpc) is 2.46. The van der Waals surface area contributed by atoms with Gasteiger partial charge in [0, 0.05) is 12.6 Å². The van der Waals surface area contributed by atoms with Gasteiger partial charge in [-0.15, -0.1) is 0 Å². The maximum absolute atomic E-state index is 13.1. The fourth-order valence-corrected chi connectivity index (χ4v) is 2.28. The summed E-state index contributed by atoms with van der Waals surface area (Å²) in [6.07, 6.45) is 1.33. The van der Waals surface area contributed by atoms with Crippen LogP contribution in [-0.2, 0) is 0 Å². The average molecular weight is 298 g/mol. The molecule has 1 aromatic rings. The molecule has 7 heteroatoms. The minimum Gasteiger partial charge on any atom is -0.395 e. The number of rotatable bonds is 7. The van der Waals surface area contributed by atoms with Crippen LogP contribution in [0.1, 0.15) is 37.0 Å². The van der Waals surface area contributed by atoms with Crippen LogP contribution in [0.5, 0.6) is 0 Å². The molecule has 1 rings (SSSR count). The molecule has 21 heavy (non-hydrogen) atoms. The van der Waals surface area contributed by atoms with Gasteiger partial charge >= 0.3 is 0 Å². The van der Waals surface area contributed by atoms with E-state index in [-0.39, 0.29) is 24.8 Å². The minimum atomic E-state index is -0.777. The number of halogens is 1. The Hall–Kier alpha value is -2.02. The summed E-state index contributed by atoms with van der Waals surface area (Å²) >= 11 is 0. The Morgan fingerprint density at radius 3 is 2.52 bits per heavy atom. The van der Waals surface area contributed by atoms with E-state index < -0.39 is 22.3 Å². The maximum atomic E-state index is 13.1. The van der Waals surface area contributed by atoms with Gasteiger partial charge in [0.05, 0.1) is 17.6 Å².